The fourth-order valence-corrected chi connectivity index (χ4v) is 2.77. The third-order valence-corrected chi connectivity index (χ3v) is 3.80. The zero-order chi connectivity index (χ0) is 12.3. The fourth-order valence-electron chi connectivity index (χ4n) is 2.77. The maximum atomic E-state index is 12.0. The fraction of sp³-hybridized carbons (Fsp3) is 0.769. The van der Waals surface area contributed by atoms with Gasteiger partial charge in [-0.05, 0) is 25.2 Å². The lowest BCUT2D eigenvalue weighted by Crippen LogP contribution is -2.37. The Labute approximate surface area is 102 Å². The van der Waals surface area contributed by atoms with E-state index in [-0.39, 0.29) is 11.7 Å². The average molecular weight is 237 g/mol. The quantitative estimate of drug-likeness (QED) is 0.845. The summed E-state index contributed by atoms with van der Waals surface area (Å²) in [6.45, 7) is 3.54. The summed E-state index contributed by atoms with van der Waals surface area (Å²) in [5.74, 6) is 0.608. The van der Waals surface area contributed by atoms with Crippen molar-refractivity contribution in [2.24, 2.45) is 11.7 Å². The molecule has 1 aliphatic rings. The molecule has 0 amide bonds. The molecule has 2 N–H and O–H groups in total. The van der Waals surface area contributed by atoms with Gasteiger partial charge in [-0.25, -0.2) is 4.79 Å². The molecule has 1 aliphatic carbocycles. The Morgan fingerprint density at radius 3 is 2.65 bits per heavy atom. The predicted molar refractivity (Wildman–Crippen MR) is 68.9 cm³/mol. The van der Waals surface area contributed by atoms with Gasteiger partial charge in [-0.2, -0.15) is 0 Å². The summed E-state index contributed by atoms with van der Waals surface area (Å²) in [6.07, 6.45) is 9.77. The third kappa shape index (κ3) is 2.80. The molecule has 1 unspecified atom stereocenters. The van der Waals surface area contributed by atoms with E-state index in [0.717, 1.165) is 13.0 Å². The van der Waals surface area contributed by atoms with Crippen molar-refractivity contribution in [3.05, 3.63) is 22.9 Å². The summed E-state index contributed by atoms with van der Waals surface area (Å²) < 4.78 is 3.53. The first kappa shape index (κ1) is 12.4. The van der Waals surface area contributed by atoms with Crippen molar-refractivity contribution in [3.63, 3.8) is 0 Å². The first-order valence-corrected chi connectivity index (χ1v) is 6.73. The number of hydrogen-bond donors (Lipinski definition) is 1. The molecular formula is C13H23N3O. The highest BCUT2D eigenvalue weighted by Gasteiger charge is 2.22. The molecular weight excluding hydrogens is 214 g/mol. The molecule has 17 heavy (non-hydrogen) atoms. The largest absolute Gasteiger partial charge is 0.328 e. The summed E-state index contributed by atoms with van der Waals surface area (Å²) in [6, 6.07) is 0.132. The molecule has 0 bridgehead atoms. The Kier molecular flexibility index (Phi) is 4.05. The van der Waals surface area contributed by atoms with Crippen LogP contribution in [0, 0.1) is 5.92 Å². The molecule has 0 aromatic carbocycles. The van der Waals surface area contributed by atoms with Gasteiger partial charge in [0.25, 0.3) is 0 Å². The smallest absolute Gasteiger partial charge is 0.326 e. The zero-order valence-electron chi connectivity index (χ0n) is 10.6. The Bertz CT molecular complexity index is 401. The summed E-state index contributed by atoms with van der Waals surface area (Å²) in [7, 11) is 0. The van der Waals surface area contributed by atoms with Crippen molar-refractivity contribution in [1.82, 2.24) is 9.13 Å². The van der Waals surface area contributed by atoms with Gasteiger partial charge >= 0.3 is 5.69 Å². The first-order chi connectivity index (χ1) is 8.22. The molecule has 1 aromatic heterocycles. The Balaban J connectivity index is 2.00. The molecule has 96 valence electrons. The van der Waals surface area contributed by atoms with Crippen molar-refractivity contribution in [1.29, 1.82) is 0 Å². The van der Waals surface area contributed by atoms with E-state index in [2.05, 4.69) is 6.92 Å². The highest BCUT2D eigenvalue weighted by atomic mass is 16.1. The van der Waals surface area contributed by atoms with E-state index >= 15 is 0 Å². The monoisotopic (exact) mass is 237 g/mol. The molecule has 2 rings (SSSR count). The molecule has 1 heterocycles. The van der Waals surface area contributed by atoms with Crippen LogP contribution >= 0.6 is 0 Å². The van der Waals surface area contributed by atoms with Crippen LogP contribution in [0.3, 0.4) is 0 Å². The summed E-state index contributed by atoms with van der Waals surface area (Å²) in [4.78, 5) is 12.0. The first-order valence-electron chi connectivity index (χ1n) is 6.73. The molecule has 1 fully saturated rings. The number of nitrogens with zero attached hydrogens (tertiary/aromatic N) is 2. The lowest BCUT2D eigenvalue weighted by Gasteiger charge is -2.18. The van der Waals surface area contributed by atoms with Crippen LogP contribution in [0.2, 0.25) is 0 Å². The highest BCUT2D eigenvalue weighted by Crippen LogP contribution is 2.27. The SMILES string of the molecule is CCCn1ccn(CC(N)C2CCCC2)c1=O. The van der Waals surface area contributed by atoms with Crippen LogP contribution in [-0.2, 0) is 13.1 Å². The van der Waals surface area contributed by atoms with Gasteiger partial charge in [-0.15, -0.1) is 0 Å². The lowest BCUT2D eigenvalue weighted by molar-refractivity contribution is 0.381. The molecule has 0 saturated heterocycles. The van der Waals surface area contributed by atoms with Gasteiger partial charge in [0.05, 0.1) is 0 Å². The molecule has 0 aliphatic heterocycles. The summed E-state index contributed by atoms with van der Waals surface area (Å²) in [5.41, 5.74) is 6.28. The lowest BCUT2D eigenvalue weighted by atomic mass is 9.99. The van der Waals surface area contributed by atoms with Crippen LogP contribution in [0.25, 0.3) is 0 Å². The van der Waals surface area contributed by atoms with Gasteiger partial charge in [0.1, 0.15) is 0 Å². The van der Waals surface area contributed by atoms with E-state index in [1.54, 1.807) is 9.13 Å². The van der Waals surface area contributed by atoms with Gasteiger partial charge in [0.15, 0.2) is 0 Å². The van der Waals surface area contributed by atoms with Crippen LogP contribution in [0.15, 0.2) is 17.2 Å². The molecule has 0 radical (unpaired) electrons. The van der Waals surface area contributed by atoms with Crippen molar-refractivity contribution in [3.8, 4) is 0 Å². The van der Waals surface area contributed by atoms with Crippen LogP contribution in [0.1, 0.15) is 39.0 Å². The topological polar surface area (TPSA) is 52.9 Å². The highest BCUT2D eigenvalue weighted by molar-refractivity contribution is 4.85. The van der Waals surface area contributed by atoms with Crippen LogP contribution in [0.5, 0.6) is 0 Å². The molecule has 4 heteroatoms. The standard InChI is InChI=1S/C13H23N3O/c1-2-7-15-8-9-16(13(15)17)10-12(14)11-5-3-4-6-11/h8-9,11-12H,2-7,10,14H2,1H3. The number of aryl methyl sites for hydroxylation is 1. The zero-order valence-corrected chi connectivity index (χ0v) is 10.6. The van der Waals surface area contributed by atoms with E-state index in [0.29, 0.717) is 12.5 Å². The number of imidazole rings is 1. The molecule has 0 spiro atoms. The number of hydrogen-bond acceptors (Lipinski definition) is 2. The van der Waals surface area contributed by atoms with E-state index in [1.807, 2.05) is 12.4 Å². The van der Waals surface area contributed by atoms with E-state index in [4.69, 9.17) is 5.73 Å². The minimum absolute atomic E-state index is 0.0836. The van der Waals surface area contributed by atoms with Crippen molar-refractivity contribution in [2.45, 2.75) is 58.2 Å². The van der Waals surface area contributed by atoms with Crippen molar-refractivity contribution >= 4 is 0 Å². The number of aromatic nitrogens is 2. The van der Waals surface area contributed by atoms with E-state index < -0.39 is 0 Å². The van der Waals surface area contributed by atoms with Crippen LogP contribution < -0.4 is 11.4 Å². The number of nitrogens with two attached hydrogens (primary N) is 1. The summed E-state index contributed by atoms with van der Waals surface area (Å²) >= 11 is 0. The van der Waals surface area contributed by atoms with Crippen LogP contribution in [-0.4, -0.2) is 15.2 Å². The second kappa shape index (κ2) is 5.54. The Hall–Kier alpha value is -1.03. The third-order valence-electron chi connectivity index (χ3n) is 3.80. The Morgan fingerprint density at radius 2 is 2.00 bits per heavy atom. The van der Waals surface area contributed by atoms with Crippen molar-refractivity contribution < 1.29 is 0 Å². The van der Waals surface area contributed by atoms with Crippen molar-refractivity contribution in [2.75, 3.05) is 0 Å². The second-order valence-corrected chi connectivity index (χ2v) is 5.13. The van der Waals surface area contributed by atoms with Gasteiger partial charge in [0, 0.05) is 31.5 Å². The molecule has 1 atom stereocenters. The van der Waals surface area contributed by atoms with Gasteiger partial charge in [-0.3, -0.25) is 9.13 Å². The van der Waals surface area contributed by atoms with Gasteiger partial charge < -0.3 is 5.73 Å². The maximum Gasteiger partial charge on any atom is 0.328 e. The van der Waals surface area contributed by atoms with Gasteiger partial charge in [0.2, 0.25) is 0 Å². The number of rotatable bonds is 5. The Morgan fingerprint density at radius 1 is 1.35 bits per heavy atom. The van der Waals surface area contributed by atoms with E-state index in [1.165, 1.54) is 25.7 Å². The second-order valence-electron chi connectivity index (χ2n) is 5.13. The molecule has 1 aromatic rings. The van der Waals surface area contributed by atoms with Gasteiger partial charge in [-0.1, -0.05) is 19.8 Å². The van der Waals surface area contributed by atoms with Crippen LogP contribution in [0.4, 0.5) is 0 Å². The predicted octanol–water partition coefficient (Wildman–Crippen LogP) is 1.58. The molecule has 1 saturated carbocycles. The minimum atomic E-state index is 0.0836. The minimum Gasteiger partial charge on any atom is -0.326 e. The maximum absolute atomic E-state index is 12.0. The normalized spacial score (nSPS) is 18.7. The average Bonchev–Trinajstić information content (AvgIpc) is 2.94. The molecule has 4 nitrogen and oxygen atoms in total. The van der Waals surface area contributed by atoms with E-state index in [9.17, 15) is 4.79 Å². The summed E-state index contributed by atoms with van der Waals surface area (Å²) in [5, 5.41) is 0.